The summed E-state index contributed by atoms with van der Waals surface area (Å²) in [6.07, 6.45) is 1.09. The highest BCUT2D eigenvalue weighted by Gasteiger charge is 2.11. The van der Waals surface area contributed by atoms with Crippen molar-refractivity contribution in [2.75, 3.05) is 0 Å². The van der Waals surface area contributed by atoms with Gasteiger partial charge in [0, 0.05) is 5.56 Å². The maximum absolute atomic E-state index is 9.32. The van der Waals surface area contributed by atoms with E-state index in [1.165, 1.54) is 16.9 Å². The highest BCUT2D eigenvalue weighted by atomic mass is 79.9. The fraction of sp³-hybridized carbons (Fsp3) is 0.357. The Bertz CT molecular complexity index is 519. The Morgan fingerprint density at radius 3 is 2.50 bits per heavy atom. The molecule has 0 fully saturated rings. The maximum Gasteiger partial charge on any atom is 0.160 e. The van der Waals surface area contributed by atoms with Crippen LogP contribution in [-0.2, 0) is 13.0 Å². The van der Waals surface area contributed by atoms with Crippen molar-refractivity contribution in [3.05, 3.63) is 38.6 Å². The standard InChI is InChI=1S/C14H16BrNOS/c1-9(2)7-10-3-5-11(6-4-10)13-12(8-17)18-14(15)16-13/h3-6,9,17H,7-8H2,1-2H3. The van der Waals surface area contributed by atoms with E-state index in [1.54, 1.807) is 0 Å². The third-order valence-corrected chi connectivity index (χ3v) is 4.18. The lowest BCUT2D eigenvalue weighted by atomic mass is 10.0. The van der Waals surface area contributed by atoms with Crippen LogP contribution < -0.4 is 0 Å². The lowest BCUT2D eigenvalue weighted by molar-refractivity contribution is 0.286. The van der Waals surface area contributed by atoms with Crippen molar-refractivity contribution in [1.29, 1.82) is 0 Å². The number of nitrogens with zero attached hydrogens (tertiary/aromatic N) is 1. The fourth-order valence-electron chi connectivity index (χ4n) is 1.93. The second-order valence-electron chi connectivity index (χ2n) is 4.69. The van der Waals surface area contributed by atoms with E-state index >= 15 is 0 Å². The molecule has 18 heavy (non-hydrogen) atoms. The monoisotopic (exact) mass is 325 g/mol. The molecule has 0 bridgehead atoms. The minimum atomic E-state index is 0.0341. The first-order chi connectivity index (χ1) is 8.60. The third-order valence-electron chi connectivity index (χ3n) is 2.69. The first-order valence-electron chi connectivity index (χ1n) is 5.95. The number of thiazole rings is 1. The first-order valence-corrected chi connectivity index (χ1v) is 7.56. The fourth-order valence-corrected chi connectivity index (χ4v) is 3.35. The molecule has 0 saturated carbocycles. The van der Waals surface area contributed by atoms with Gasteiger partial charge in [-0.25, -0.2) is 4.98 Å². The number of hydrogen-bond donors (Lipinski definition) is 1. The predicted molar refractivity (Wildman–Crippen MR) is 79.7 cm³/mol. The van der Waals surface area contributed by atoms with Gasteiger partial charge in [0.25, 0.3) is 0 Å². The molecule has 1 aromatic heterocycles. The number of rotatable bonds is 4. The Balaban J connectivity index is 2.28. The number of aliphatic hydroxyl groups excluding tert-OH is 1. The molecule has 0 aliphatic carbocycles. The second kappa shape index (κ2) is 5.95. The van der Waals surface area contributed by atoms with Crippen LogP contribution in [0.15, 0.2) is 28.2 Å². The topological polar surface area (TPSA) is 33.1 Å². The summed E-state index contributed by atoms with van der Waals surface area (Å²) in [5, 5.41) is 9.32. The minimum Gasteiger partial charge on any atom is -0.391 e. The van der Waals surface area contributed by atoms with Gasteiger partial charge < -0.3 is 5.11 Å². The highest BCUT2D eigenvalue weighted by molar-refractivity contribution is 9.11. The van der Waals surface area contributed by atoms with Gasteiger partial charge in [0.15, 0.2) is 3.92 Å². The molecule has 2 nitrogen and oxygen atoms in total. The smallest absolute Gasteiger partial charge is 0.160 e. The van der Waals surface area contributed by atoms with Crippen LogP contribution in [0.3, 0.4) is 0 Å². The molecule has 0 saturated heterocycles. The quantitative estimate of drug-likeness (QED) is 0.910. The zero-order chi connectivity index (χ0) is 13.1. The van der Waals surface area contributed by atoms with E-state index in [9.17, 15) is 5.11 Å². The summed E-state index contributed by atoms with van der Waals surface area (Å²) >= 11 is 4.84. The molecular formula is C14H16BrNOS. The summed E-state index contributed by atoms with van der Waals surface area (Å²) in [4.78, 5) is 5.32. The summed E-state index contributed by atoms with van der Waals surface area (Å²) in [5.74, 6) is 0.664. The molecule has 1 N–H and O–H groups in total. The zero-order valence-electron chi connectivity index (χ0n) is 10.5. The molecule has 0 aliphatic rings. The maximum atomic E-state index is 9.32. The van der Waals surface area contributed by atoms with Crippen molar-refractivity contribution < 1.29 is 5.11 Å². The molecule has 1 aromatic carbocycles. The van der Waals surface area contributed by atoms with Crippen LogP contribution in [0.2, 0.25) is 0 Å². The SMILES string of the molecule is CC(C)Cc1ccc(-c2nc(Br)sc2CO)cc1. The summed E-state index contributed by atoms with van der Waals surface area (Å²) in [7, 11) is 0. The van der Waals surface area contributed by atoms with Crippen LogP contribution >= 0.6 is 27.3 Å². The van der Waals surface area contributed by atoms with Crippen molar-refractivity contribution in [3.63, 3.8) is 0 Å². The minimum absolute atomic E-state index is 0.0341. The Morgan fingerprint density at radius 1 is 1.28 bits per heavy atom. The van der Waals surface area contributed by atoms with Crippen molar-refractivity contribution in [2.24, 2.45) is 5.92 Å². The highest BCUT2D eigenvalue weighted by Crippen LogP contribution is 2.31. The van der Waals surface area contributed by atoms with Crippen LogP contribution in [0.25, 0.3) is 11.3 Å². The van der Waals surface area contributed by atoms with Gasteiger partial charge in [-0.05, 0) is 33.8 Å². The van der Waals surface area contributed by atoms with Gasteiger partial charge in [-0.1, -0.05) is 38.1 Å². The molecule has 0 radical (unpaired) electrons. The third kappa shape index (κ3) is 3.19. The van der Waals surface area contributed by atoms with Crippen LogP contribution in [0.4, 0.5) is 0 Å². The van der Waals surface area contributed by atoms with E-state index in [0.29, 0.717) is 5.92 Å². The van der Waals surface area contributed by atoms with Crippen LogP contribution in [0.5, 0.6) is 0 Å². The Morgan fingerprint density at radius 2 is 1.94 bits per heavy atom. The van der Waals surface area contributed by atoms with Crippen LogP contribution in [0, 0.1) is 5.92 Å². The van der Waals surface area contributed by atoms with Gasteiger partial charge in [0.05, 0.1) is 17.2 Å². The Hall–Kier alpha value is -0.710. The van der Waals surface area contributed by atoms with E-state index in [4.69, 9.17) is 0 Å². The summed E-state index contributed by atoms with van der Waals surface area (Å²) < 4.78 is 0.813. The van der Waals surface area contributed by atoms with Gasteiger partial charge in [-0.15, -0.1) is 11.3 Å². The van der Waals surface area contributed by atoms with Gasteiger partial charge in [0.1, 0.15) is 0 Å². The van der Waals surface area contributed by atoms with Crippen molar-refractivity contribution in [1.82, 2.24) is 4.98 Å². The number of halogens is 1. The number of hydrogen-bond acceptors (Lipinski definition) is 3. The van der Waals surface area contributed by atoms with Crippen LogP contribution in [0.1, 0.15) is 24.3 Å². The molecule has 2 aromatic rings. The summed E-state index contributed by atoms with van der Waals surface area (Å²) in [5.41, 5.74) is 3.28. The Kier molecular flexibility index (Phi) is 4.54. The number of aliphatic hydroxyl groups is 1. The van der Waals surface area contributed by atoms with Gasteiger partial charge in [0.2, 0.25) is 0 Å². The zero-order valence-corrected chi connectivity index (χ0v) is 12.9. The number of benzene rings is 1. The average molecular weight is 326 g/mol. The largest absolute Gasteiger partial charge is 0.391 e. The van der Waals surface area contributed by atoms with E-state index in [1.807, 2.05) is 0 Å². The molecule has 0 spiro atoms. The van der Waals surface area contributed by atoms with Crippen molar-refractivity contribution >= 4 is 27.3 Å². The van der Waals surface area contributed by atoms with Crippen molar-refractivity contribution in [2.45, 2.75) is 26.9 Å². The van der Waals surface area contributed by atoms with E-state index in [2.05, 4.69) is 59.0 Å². The average Bonchev–Trinajstić information content (AvgIpc) is 2.71. The van der Waals surface area contributed by atoms with Crippen LogP contribution in [-0.4, -0.2) is 10.1 Å². The first kappa shape index (κ1) is 13.7. The number of aromatic nitrogens is 1. The molecule has 0 aliphatic heterocycles. The van der Waals surface area contributed by atoms with E-state index in [-0.39, 0.29) is 6.61 Å². The lowest BCUT2D eigenvalue weighted by Crippen LogP contribution is -1.93. The molecule has 96 valence electrons. The van der Waals surface area contributed by atoms with Gasteiger partial charge in [-0.3, -0.25) is 0 Å². The molecule has 1 heterocycles. The van der Waals surface area contributed by atoms with Crippen molar-refractivity contribution in [3.8, 4) is 11.3 Å². The van der Waals surface area contributed by atoms with Gasteiger partial charge in [-0.2, -0.15) is 0 Å². The molecule has 4 heteroatoms. The van der Waals surface area contributed by atoms with E-state index < -0.39 is 0 Å². The normalized spacial score (nSPS) is 11.2. The Labute approximate surface area is 120 Å². The lowest BCUT2D eigenvalue weighted by Gasteiger charge is -2.06. The molecule has 0 amide bonds. The van der Waals surface area contributed by atoms with Gasteiger partial charge >= 0.3 is 0 Å². The summed E-state index contributed by atoms with van der Waals surface area (Å²) in [6.45, 7) is 4.47. The molecular weight excluding hydrogens is 310 g/mol. The summed E-state index contributed by atoms with van der Waals surface area (Å²) in [6, 6.07) is 8.45. The predicted octanol–water partition coefficient (Wildman–Crippen LogP) is 4.26. The molecule has 0 atom stereocenters. The second-order valence-corrected chi connectivity index (χ2v) is 7.05. The van der Waals surface area contributed by atoms with E-state index in [0.717, 1.165) is 26.5 Å². The molecule has 0 unspecified atom stereocenters. The molecule has 2 rings (SSSR count).